The molecule has 1 heterocycles. The second kappa shape index (κ2) is 5.68. The topological polar surface area (TPSA) is 51.2 Å². The lowest BCUT2D eigenvalue weighted by atomic mass is 10.1. The van der Waals surface area contributed by atoms with Crippen molar-refractivity contribution in [3.05, 3.63) is 28.5 Å². The second-order valence-electron chi connectivity index (χ2n) is 3.06. The van der Waals surface area contributed by atoms with Crippen LogP contribution in [-0.2, 0) is 11.3 Å². The highest BCUT2D eigenvalue weighted by atomic mass is 35.5. The lowest BCUT2D eigenvalue weighted by molar-refractivity contribution is 0.0537. The summed E-state index contributed by atoms with van der Waals surface area (Å²) in [6.45, 7) is 2.04. The zero-order valence-electron chi connectivity index (χ0n) is 8.71. The van der Waals surface area contributed by atoms with Crippen molar-refractivity contribution in [1.82, 2.24) is 10.5 Å². The summed E-state index contributed by atoms with van der Waals surface area (Å²) in [6.07, 6.45) is 1.76. The fraction of sp³-hybridized carbons (Fsp3) is 0.400. The first-order valence-corrected chi connectivity index (χ1v) is 5.05. The van der Waals surface area contributed by atoms with Crippen LogP contribution >= 0.6 is 11.6 Å². The van der Waals surface area contributed by atoms with E-state index in [1.54, 1.807) is 6.07 Å². The number of amides is 1. The molecule has 0 atom stereocenters. The van der Waals surface area contributed by atoms with E-state index in [0.29, 0.717) is 10.7 Å². The predicted molar refractivity (Wildman–Crippen MR) is 57.7 cm³/mol. The van der Waals surface area contributed by atoms with Crippen LogP contribution in [-0.4, -0.2) is 18.0 Å². The molecule has 1 aromatic rings. The van der Waals surface area contributed by atoms with E-state index in [4.69, 9.17) is 11.6 Å². The summed E-state index contributed by atoms with van der Waals surface area (Å²) in [6, 6.07) is 3.22. The minimum absolute atomic E-state index is 0.320. The molecule has 1 aromatic heterocycles. The fourth-order valence-corrected chi connectivity index (χ4v) is 1.44. The summed E-state index contributed by atoms with van der Waals surface area (Å²) in [5, 5.41) is 0.321. The van der Waals surface area contributed by atoms with Crippen molar-refractivity contribution in [1.29, 1.82) is 0 Å². The minimum Gasteiger partial charge on any atom is -0.277 e. The summed E-state index contributed by atoms with van der Waals surface area (Å²) in [4.78, 5) is 20.1. The van der Waals surface area contributed by atoms with Crippen molar-refractivity contribution in [2.24, 2.45) is 0 Å². The van der Waals surface area contributed by atoms with Gasteiger partial charge in [-0.2, -0.15) is 0 Å². The smallest absolute Gasteiger partial charge is 0.275 e. The van der Waals surface area contributed by atoms with Crippen LogP contribution < -0.4 is 5.48 Å². The Labute approximate surface area is 93.6 Å². The van der Waals surface area contributed by atoms with Crippen molar-refractivity contribution in [3.8, 4) is 0 Å². The number of aryl methyl sites for hydroxylation is 1. The average molecular weight is 229 g/mol. The highest BCUT2D eigenvalue weighted by Gasteiger charge is 2.08. The maximum absolute atomic E-state index is 11.4. The lowest BCUT2D eigenvalue weighted by Crippen LogP contribution is -2.22. The highest BCUT2D eigenvalue weighted by Crippen LogP contribution is 2.12. The van der Waals surface area contributed by atoms with E-state index in [0.717, 1.165) is 18.5 Å². The van der Waals surface area contributed by atoms with E-state index in [1.165, 1.54) is 13.2 Å². The molecule has 1 N–H and O–H groups in total. The molecule has 82 valence electrons. The summed E-state index contributed by atoms with van der Waals surface area (Å²) in [7, 11) is 1.38. The van der Waals surface area contributed by atoms with Crippen LogP contribution in [0.25, 0.3) is 0 Å². The molecule has 0 aliphatic carbocycles. The van der Waals surface area contributed by atoms with Crippen LogP contribution in [0.15, 0.2) is 12.1 Å². The van der Waals surface area contributed by atoms with Crippen LogP contribution in [0.4, 0.5) is 0 Å². The lowest BCUT2D eigenvalue weighted by Gasteiger charge is -2.04. The van der Waals surface area contributed by atoms with E-state index in [-0.39, 0.29) is 5.91 Å². The standard InChI is InChI=1S/C10H13ClN2O2/c1-3-4-8-5-7(6-9(11)12-8)10(14)13-15-2/h5-6H,3-4H2,1-2H3,(H,13,14). The SMILES string of the molecule is CCCc1cc(C(=O)NOC)cc(Cl)n1. The Hall–Kier alpha value is -1.13. The predicted octanol–water partition coefficient (Wildman–Crippen LogP) is 1.98. The van der Waals surface area contributed by atoms with Gasteiger partial charge in [0.15, 0.2) is 0 Å². The van der Waals surface area contributed by atoms with Crippen LogP contribution in [0.2, 0.25) is 5.15 Å². The molecule has 0 saturated carbocycles. The first kappa shape index (κ1) is 11.9. The summed E-state index contributed by atoms with van der Waals surface area (Å²) in [5.74, 6) is -0.320. The molecular weight excluding hydrogens is 216 g/mol. The van der Waals surface area contributed by atoms with Gasteiger partial charge in [-0.3, -0.25) is 9.63 Å². The molecule has 0 fully saturated rings. The number of pyridine rings is 1. The number of hydrogen-bond acceptors (Lipinski definition) is 3. The Balaban J connectivity index is 2.92. The number of aromatic nitrogens is 1. The third kappa shape index (κ3) is 3.49. The Morgan fingerprint density at radius 3 is 2.93 bits per heavy atom. The van der Waals surface area contributed by atoms with Crippen molar-refractivity contribution in [3.63, 3.8) is 0 Å². The quantitative estimate of drug-likeness (QED) is 0.633. The Morgan fingerprint density at radius 1 is 1.60 bits per heavy atom. The Bertz CT molecular complexity index is 355. The maximum Gasteiger partial charge on any atom is 0.275 e. The van der Waals surface area contributed by atoms with Gasteiger partial charge in [-0.05, 0) is 18.6 Å². The monoisotopic (exact) mass is 228 g/mol. The number of halogens is 1. The maximum atomic E-state index is 11.4. The zero-order valence-corrected chi connectivity index (χ0v) is 9.47. The normalized spacial score (nSPS) is 10.1. The van der Waals surface area contributed by atoms with Crippen molar-refractivity contribution >= 4 is 17.5 Å². The van der Waals surface area contributed by atoms with Gasteiger partial charge in [-0.15, -0.1) is 0 Å². The molecule has 0 aromatic carbocycles. The van der Waals surface area contributed by atoms with Gasteiger partial charge in [-0.1, -0.05) is 24.9 Å². The van der Waals surface area contributed by atoms with Crippen LogP contribution in [0, 0.1) is 0 Å². The molecule has 1 amide bonds. The van der Waals surface area contributed by atoms with E-state index < -0.39 is 0 Å². The van der Waals surface area contributed by atoms with Crippen LogP contribution in [0.5, 0.6) is 0 Å². The molecule has 0 aliphatic rings. The van der Waals surface area contributed by atoms with Gasteiger partial charge in [-0.25, -0.2) is 10.5 Å². The molecule has 1 rings (SSSR count). The van der Waals surface area contributed by atoms with E-state index in [1.807, 2.05) is 6.92 Å². The van der Waals surface area contributed by atoms with E-state index in [9.17, 15) is 4.79 Å². The third-order valence-corrected chi connectivity index (χ3v) is 2.00. The van der Waals surface area contributed by atoms with Gasteiger partial charge in [0.2, 0.25) is 0 Å². The highest BCUT2D eigenvalue weighted by molar-refractivity contribution is 6.29. The summed E-state index contributed by atoms with van der Waals surface area (Å²) >= 11 is 5.80. The Morgan fingerprint density at radius 2 is 2.33 bits per heavy atom. The number of hydroxylamine groups is 1. The molecule has 0 radical (unpaired) electrons. The van der Waals surface area contributed by atoms with Crippen molar-refractivity contribution in [2.45, 2.75) is 19.8 Å². The fourth-order valence-electron chi connectivity index (χ4n) is 1.22. The van der Waals surface area contributed by atoms with Crippen LogP contribution in [0.1, 0.15) is 29.4 Å². The number of rotatable bonds is 4. The van der Waals surface area contributed by atoms with Gasteiger partial charge in [0.05, 0.1) is 7.11 Å². The molecular formula is C10H13ClN2O2. The molecule has 0 bridgehead atoms. The van der Waals surface area contributed by atoms with Gasteiger partial charge >= 0.3 is 0 Å². The largest absolute Gasteiger partial charge is 0.277 e. The first-order chi connectivity index (χ1) is 7.17. The van der Waals surface area contributed by atoms with Crippen molar-refractivity contribution in [2.75, 3.05) is 7.11 Å². The van der Waals surface area contributed by atoms with Crippen LogP contribution in [0.3, 0.4) is 0 Å². The molecule has 4 nitrogen and oxygen atoms in total. The zero-order chi connectivity index (χ0) is 11.3. The number of nitrogens with zero attached hydrogens (tertiary/aromatic N) is 1. The van der Waals surface area contributed by atoms with Gasteiger partial charge in [0, 0.05) is 11.3 Å². The summed E-state index contributed by atoms with van der Waals surface area (Å²) < 4.78 is 0. The summed E-state index contributed by atoms with van der Waals surface area (Å²) in [5.41, 5.74) is 3.50. The van der Waals surface area contributed by atoms with Crippen molar-refractivity contribution < 1.29 is 9.63 Å². The number of hydrogen-bond donors (Lipinski definition) is 1. The molecule has 0 aliphatic heterocycles. The van der Waals surface area contributed by atoms with Gasteiger partial charge < -0.3 is 0 Å². The third-order valence-electron chi connectivity index (χ3n) is 1.81. The number of carbonyl (C=O) groups excluding carboxylic acids is 1. The molecule has 5 heteroatoms. The molecule has 15 heavy (non-hydrogen) atoms. The Kier molecular flexibility index (Phi) is 4.52. The first-order valence-electron chi connectivity index (χ1n) is 4.67. The van der Waals surface area contributed by atoms with Gasteiger partial charge in [0.25, 0.3) is 5.91 Å². The van der Waals surface area contributed by atoms with E-state index >= 15 is 0 Å². The number of nitrogens with one attached hydrogen (secondary N) is 1. The minimum atomic E-state index is -0.320. The number of carbonyl (C=O) groups is 1. The van der Waals surface area contributed by atoms with E-state index in [2.05, 4.69) is 15.3 Å². The molecule has 0 unspecified atom stereocenters. The van der Waals surface area contributed by atoms with Gasteiger partial charge in [0.1, 0.15) is 5.15 Å². The molecule has 0 saturated heterocycles. The average Bonchev–Trinajstić information content (AvgIpc) is 2.17. The molecule has 0 spiro atoms. The second-order valence-corrected chi connectivity index (χ2v) is 3.44.